The zero-order chi connectivity index (χ0) is 12.0. The van der Waals surface area contributed by atoms with E-state index >= 15 is 0 Å². The van der Waals surface area contributed by atoms with E-state index in [1.54, 1.807) is 12.1 Å². The van der Waals surface area contributed by atoms with Gasteiger partial charge in [0.1, 0.15) is 0 Å². The zero-order valence-electron chi connectivity index (χ0n) is 8.63. The first-order chi connectivity index (χ1) is 7.53. The van der Waals surface area contributed by atoms with Gasteiger partial charge in [-0.05, 0) is 12.5 Å². The van der Waals surface area contributed by atoms with E-state index in [4.69, 9.17) is 10.5 Å². The Hall–Kier alpha value is -1.30. The summed E-state index contributed by atoms with van der Waals surface area (Å²) >= 11 is 0. The Balaban J connectivity index is 2.37. The summed E-state index contributed by atoms with van der Waals surface area (Å²) in [7, 11) is 0. The molecule has 1 rings (SSSR count). The van der Waals surface area contributed by atoms with Crippen molar-refractivity contribution >= 4 is 0 Å². The van der Waals surface area contributed by atoms with Crippen molar-refractivity contribution in [3.8, 4) is 5.88 Å². The number of halogens is 3. The van der Waals surface area contributed by atoms with Gasteiger partial charge < -0.3 is 10.5 Å². The van der Waals surface area contributed by atoms with Gasteiger partial charge in [-0.15, -0.1) is 0 Å². The Bertz CT molecular complexity index is 328. The van der Waals surface area contributed by atoms with E-state index in [-0.39, 0.29) is 19.6 Å². The molecule has 0 fully saturated rings. The summed E-state index contributed by atoms with van der Waals surface area (Å²) in [6.07, 6.45) is -3.55. The van der Waals surface area contributed by atoms with Gasteiger partial charge in [0, 0.05) is 24.7 Å². The molecule has 0 atom stereocenters. The highest BCUT2D eigenvalue weighted by atomic mass is 19.4. The topological polar surface area (TPSA) is 48.1 Å². The normalized spacial score (nSPS) is 11.5. The minimum Gasteiger partial charge on any atom is -0.477 e. The molecule has 0 amide bonds. The number of pyridine rings is 1. The smallest absolute Gasteiger partial charge is 0.389 e. The molecule has 0 unspecified atom stereocenters. The predicted octanol–water partition coefficient (Wildman–Crippen LogP) is 2.26. The minimum atomic E-state index is -4.13. The Morgan fingerprint density at radius 2 is 2.12 bits per heavy atom. The molecule has 6 heteroatoms. The monoisotopic (exact) mass is 234 g/mol. The second kappa shape index (κ2) is 5.69. The van der Waals surface area contributed by atoms with Crippen LogP contribution in [-0.2, 0) is 6.54 Å². The highest BCUT2D eigenvalue weighted by Gasteiger charge is 2.26. The van der Waals surface area contributed by atoms with Crippen LogP contribution in [0, 0.1) is 0 Å². The Labute approximate surface area is 91.4 Å². The summed E-state index contributed by atoms with van der Waals surface area (Å²) in [6.45, 7) is 0.242. The zero-order valence-corrected chi connectivity index (χ0v) is 8.63. The summed E-state index contributed by atoms with van der Waals surface area (Å²) in [6, 6.07) is 3.43. The van der Waals surface area contributed by atoms with Crippen LogP contribution in [0.5, 0.6) is 5.88 Å². The van der Waals surface area contributed by atoms with Crippen molar-refractivity contribution in [3.63, 3.8) is 0 Å². The quantitative estimate of drug-likeness (QED) is 0.795. The number of nitrogens with zero attached hydrogens (tertiary/aromatic N) is 1. The van der Waals surface area contributed by atoms with Gasteiger partial charge in [-0.1, -0.05) is 6.07 Å². The molecule has 0 aliphatic heterocycles. The second-order valence-corrected chi connectivity index (χ2v) is 3.24. The molecule has 0 aromatic carbocycles. The molecule has 16 heavy (non-hydrogen) atoms. The maximum atomic E-state index is 11.8. The first-order valence-electron chi connectivity index (χ1n) is 4.86. The number of aromatic nitrogens is 1. The van der Waals surface area contributed by atoms with E-state index in [9.17, 15) is 13.2 Å². The lowest BCUT2D eigenvalue weighted by Crippen LogP contribution is -2.11. The van der Waals surface area contributed by atoms with Crippen LogP contribution in [0.1, 0.15) is 18.4 Å². The molecule has 0 saturated heterocycles. The van der Waals surface area contributed by atoms with Crippen LogP contribution >= 0.6 is 0 Å². The lowest BCUT2D eigenvalue weighted by Gasteiger charge is -2.09. The Kier molecular flexibility index (Phi) is 4.54. The Morgan fingerprint density at radius 1 is 1.38 bits per heavy atom. The van der Waals surface area contributed by atoms with E-state index in [2.05, 4.69) is 4.98 Å². The molecule has 0 spiro atoms. The molecular weight excluding hydrogens is 221 g/mol. The lowest BCUT2D eigenvalue weighted by atomic mass is 10.3. The first-order valence-corrected chi connectivity index (χ1v) is 4.86. The van der Waals surface area contributed by atoms with E-state index in [0.717, 1.165) is 0 Å². The maximum Gasteiger partial charge on any atom is 0.389 e. The summed E-state index contributed by atoms with van der Waals surface area (Å²) in [4.78, 5) is 3.90. The van der Waals surface area contributed by atoms with Crippen LogP contribution in [0.4, 0.5) is 13.2 Å². The molecule has 1 aromatic heterocycles. The molecule has 0 saturated carbocycles. The summed E-state index contributed by atoms with van der Waals surface area (Å²) in [5.41, 5.74) is 6.11. The van der Waals surface area contributed by atoms with Gasteiger partial charge in [0.15, 0.2) is 0 Å². The van der Waals surface area contributed by atoms with Crippen molar-refractivity contribution in [2.24, 2.45) is 5.73 Å². The number of rotatable bonds is 5. The molecule has 1 heterocycles. The number of nitrogens with two attached hydrogens (primary N) is 1. The van der Waals surface area contributed by atoms with Crippen LogP contribution in [0.25, 0.3) is 0 Å². The highest BCUT2D eigenvalue weighted by molar-refractivity contribution is 5.24. The van der Waals surface area contributed by atoms with Crippen LogP contribution in [0.2, 0.25) is 0 Å². The van der Waals surface area contributed by atoms with Crippen LogP contribution < -0.4 is 10.5 Å². The molecule has 0 bridgehead atoms. The molecule has 3 nitrogen and oxygen atoms in total. The molecule has 0 aliphatic carbocycles. The number of ether oxygens (including phenoxy) is 1. The van der Waals surface area contributed by atoms with E-state index in [1.807, 2.05) is 0 Å². The number of hydrogen-bond donors (Lipinski definition) is 1. The van der Waals surface area contributed by atoms with E-state index < -0.39 is 12.6 Å². The van der Waals surface area contributed by atoms with Crippen molar-refractivity contribution in [1.82, 2.24) is 4.98 Å². The van der Waals surface area contributed by atoms with Gasteiger partial charge in [-0.2, -0.15) is 13.2 Å². The first kappa shape index (κ1) is 12.8. The van der Waals surface area contributed by atoms with Gasteiger partial charge in [-0.3, -0.25) is 0 Å². The Morgan fingerprint density at radius 3 is 2.75 bits per heavy atom. The summed E-state index contributed by atoms with van der Waals surface area (Å²) < 4.78 is 40.6. The largest absolute Gasteiger partial charge is 0.477 e. The third kappa shape index (κ3) is 4.48. The van der Waals surface area contributed by atoms with Crippen LogP contribution in [0.15, 0.2) is 18.3 Å². The van der Waals surface area contributed by atoms with E-state index in [1.165, 1.54) is 6.20 Å². The minimum absolute atomic E-state index is 0.0104. The molecular formula is C10H13F3N2O. The van der Waals surface area contributed by atoms with Gasteiger partial charge in [0.2, 0.25) is 5.88 Å². The summed E-state index contributed by atoms with van der Waals surface area (Å²) in [5.74, 6) is 0.312. The van der Waals surface area contributed by atoms with Crippen LogP contribution in [0.3, 0.4) is 0 Å². The molecule has 2 N–H and O–H groups in total. The molecule has 0 radical (unpaired) electrons. The van der Waals surface area contributed by atoms with Crippen molar-refractivity contribution in [3.05, 3.63) is 23.9 Å². The average molecular weight is 234 g/mol. The second-order valence-electron chi connectivity index (χ2n) is 3.24. The number of alkyl halides is 3. The van der Waals surface area contributed by atoms with Crippen molar-refractivity contribution < 1.29 is 17.9 Å². The van der Waals surface area contributed by atoms with Crippen molar-refractivity contribution in [2.75, 3.05) is 6.61 Å². The standard InChI is InChI=1S/C10H13F3N2O/c11-10(12,13)4-2-6-16-9-8(7-14)3-1-5-15-9/h1,3,5H,2,4,6-7,14H2. The third-order valence-electron chi connectivity index (χ3n) is 1.91. The SMILES string of the molecule is NCc1cccnc1OCCCC(F)(F)F. The van der Waals surface area contributed by atoms with Crippen molar-refractivity contribution in [1.29, 1.82) is 0 Å². The maximum absolute atomic E-state index is 11.8. The summed E-state index contributed by atoms with van der Waals surface area (Å²) in [5, 5.41) is 0. The third-order valence-corrected chi connectivity index (χ3v) is 1.91. The lowest BCUT2D eigenvalue weighted by molar-refractivity contribution is -0.136. The fourth-order valence-electron chi connectivity index (χ4n) is 1.15. The highest BCUT2D eigenvalue weighted by Crippen LogP contribution is 2.21. The fraction of sp³-hybridized carbons (Fsp3) is 0.500. The number of hydrogen-bond acceptors (Lipinski definition) is 3. The van der Waals surface area contributed by atoms with Crippen LogP contribution in [-0.4, -0.2) is 17.8 Å². The van der Waals surface area contributed by atoms with Crippen molar-refractivity contribution in [2.45, 2.75) is 25.6 Å². The predicted molar refractivity (Wildman–Crippen MR) is 52.9 cm³/mol. The average Bonchev–Trinajstić information content (AvgIpc) is 2.23. The van der Waals surface area contributed by atoms with Gasteiger partial charge in [0.05, 0.1) is 6.61 Å². The van der Waals surface area contributed by atoms with Gasteiger partial charge >= 0.3 is 6.18 Å². The molecule has 1 aromatic rings. The fourth-order valence-corrected chi connectivity index (χ4v) is 1.15. The van der Waals surface area contributed by atoms with Gasteiger partial charge in [-0.25, -0.2) is 4.98 Å². The molecule has 90 valence electrons. The van der Waals surface area contributed by atoms with Gasteiger partial charge in [0.25, 0.3) is 0 Å². The van der Waals surface area contributed by atoms with E-state index in [0.29, 0.717) is 11.4 Å². The molecule has 0 aliphatic rings.